The first-order valence-electron chi connectivity index (χ1n) is 6.82. The van der Waals surface area contributed by atoms with Crippen LogP contribution in [-0.2, 0) is 6.54 Å². The molecule has 1 aromatic carbocycles. The van der Waals surface area contributed by atoms with Gasteiger partial charge in [-0.3, -0.25) is 0 Å². The molecule has 0 spiro atoms. The quantitative estimate of drug-likeness (QED) is 0.801. The molecular weight excluding hydrogens is 276 g/mol. The van der Waals surface area contributed by atoms with E-state index in [4.69, 9.17) is 21.7 Å². The van der Waals surface area contributed by atoms with Gasteiger partial charge in [-0.1, -0.05) is 6.07 Å². The highest BCUT2D eigenvalue weighted by Gasteiger charge is 2.19. The number of aliphatic hydroxyl groups is 1. The standard InChI is InChI=1S/C14H18N2O3S/c17-11-3-5-16(6-4-11)14(20)15-8-10-1-2-12-13(7-10)19-9-18-12/h1-2,7,11,17H,3-6,8-9H2,(H,15,20). The zero-order valence-electron chi connectivity index (χ0n) is 11.2. The molecule has 2 heterocycles. The first kappa shape index (κ1) is 13.5. The summed E-state index contributed by atoms with van der Waals surface area (Å²) in [5.41, 5.74) is 1.11. The Hall–Kier alpha value is -1.53. The van der Waals surface area contributed by atoms with Crippen LogP contribution in [-0.4, -0.2) is 41.1 Å². The molecule has 0 radical (unpaired) electrons. The number of ether oxygens (including phenoxy) is 2. The summed E-state index contributed by atoms with van der Waals surface area (Å²) >= 11 is 5.39. The third-order valence-corrected chi connectivity index (χ3v) is 4.03. The van der Waals surface area contributed by atoms with Crippen LogP contribution in [0, 0.1) is 0 Å². The van der Waals surface area contributed by atoms with Crippen molar-refractivity contribution in [3.05, 3.63) is 23.8 Å². The van der Waals surface area contributed by atoms with E-state index in [-0.39, 0.29) is 6.10 Å². The van der Waals surface area contributed by atoms with E-state index >= 15 is 0 Å². The van der Waals surface area contributed by atoms with Gasteiger partial charge in [0.15, 0.2) is 16.6 Å². The zero-order chi connectivity index (χ0) is 13.9. The number of rotatable bonds is 2. The van der Waals surface area contributed by atoms with Crippen molar-refractivity contribution in [1.29, 1.82) is 0 Å². The molecule has 2 N–H and O–H groups in total. The highest BCUT2D eigenvalue weighted by atomic mass is 32.1. The molecule has 1 fully saturated rings. The predicted octanol–water partition coefficient (Wildman–Crippen LogP) is 1.25. The number of benzene rings is 1. The number of likely N-dealkylation sites (tertiary alicyclic amines) is 1. The zero-order valence-corrected chi connectivity index (χ0v) is 12.0. The van der Waals surface area contributed by atoms with Crippen LogP contribution in [0.5, 0.6) is 11.5 Å². The average Bonchev–Trinajstić information content (AvgIpc) is 2.93. The molecule has 1 aromatic rings. The molecular formula is C14H18N2O3S. The third-order valence-electron chi connectivity index (χ3n) is 3.63. The van der Waals surface area contributed by atoms with E-state index in [9.17, 15) is 5.11 Å². The molecule has 3 rings (SSSR count). The smallest absolute Gasteiger partial charge is 0.231 e. The Labute approximate surface area is 123 Å². The predicted molar refractivity (Wildman–Crippen MR) is 78.8 cm³/mol. The van der Waals surface area contributed by atoms with E-state index in [1.54, 1.807) is 0 Å². The lowest BCUT2D eigenvalue weighted by atomic mass is 10.1. The average molecular weight is 294 g/mol. The fourth-order valence-electron chi connectivity index (χ4n) is 2.41. The van der Waals surface area contributed by atoms with Gasteiger partial charge in [-0.05, 0) is 42.8 Å². The SMILES string of the molecule is OC1CCN(C(=S)NCc2ccc3c(c2)OCO3)CC1. The summed E-state index contributed by atoms with van der Waals surface area (Å²) in [7, 11) is 0. The van der Waals surface area contributed by atoms with Crippen molar-refractivity contribution in [2.45, 2.75) is 25.5 Å². The summed E-state index contributed by atoms with van der Waals surface area (Å²) in [5, 5.41) is 13.5. The lowest BCUT2D eigenvalue weighted by molar-refractivity contribution is 0.109. The van der Waals surface area contributed by atoms with Crippen LogP contribution >= 0.6 is 12.2 Å². The first-order valence-corrected chi connectivity index (χ1v) is 7.22. The largest absolute Gasteiger partial charge is 0.454 e. The summed E-state index contributed by atoms with van der Waals surface area (Å²) in [6.45, 7) is 2.58. The van der Waals surface area contributed by atoms with E-state index in [1.165, 1.54) is 0 Å². The molecule has 6 heteroatoms. The van der Waals surface area contributed by atoms with Crippen LogP contribution < -0.4 is 14.8 Å². The normalized spacial score (nSPS) is 18.1. The van der Waals surface area contributed by atoms with Crippen molar-refractivity contribution < 1.29 is 14.6 Å². The van der Waals surface area contributed by atoms with E-state index in [1.807, 2.05) is 18.2 Å². The van der Waals surface area contributed by atoms with Gasteiger partial charge in [0, 0.05) is 19.6 Å². The molecule has 20 heavy (non-hydrogen) atoms. The van der Waals surface area contributed by atoms with Crippen molar-refractivity contribution in [3.8, 4) is 11.5 Å². The Kier molecular flexibility index (Phi) is 3.93. The third kappa shape index (κ3) is 2.96. The monoisotopic (exact) mass is 294 g/mol. The molecule has 0 amide bonds. The summed E-state index contributed by atoms with van der Waals surface area (Å²) < 4.78 is 10.6. The first-order chi connectivity index (χ1) is 9.72. The van der Waals surface area contributed by atoms with Crippen molar-refractivity contribution >= 4 is 17.3 Å². The second-order valence-electron chi connectivity index (χ2n) is 5.06. The van der Waals surface area contributed by atoms with Crippen LogP contribution in [0.1, 0.15) is 18.4 Å². The number of nitrogens with one attached hydrogen (secondary N) is 1. The van der Waals surface area contributed by atoms with Crippen molar-refractivity contribution in [2.75, 3.05) is 19.9 Å². The maximum Gasteiger partial charge on any atom is 0.231 e. The van der Waals surface area contributed by atoms with Gasteiger partial charge in [0.1, 0.15) is 0 Å². The van der Waals surface area contributed by atoms with E-state index in [2.05, 4.69) is 10.2 Å². The molecule has 108 valence electrons. The number of fused-ring (bicyclic) bond motifs is 1. The number of thiocarbonyl (C=S) groups is 1. The van der Waals surface area contributed by atoms with Gasteiger partial charge in [0.05, 0.1) is 6.10 Å². The van der Waals surface area contributed by atoms with E-state index < -0.39 is 0 Å². The molecule has 0 aromatic heterocycles. The van der Waals surface area contributed by atoms with Gasteiger partial charge >= 0.3 is 0 Å². The van der Waals surface area contributed by atoms with Crippen molar-refractivity contribution in [1.82, 2.24) is 10.2 Å². The van der Waals surface area contributed by atoms with Crippen LogP contribution in [0.3, 0.4) is 0 Å². The number of piperidine rings is 1. The molecule has 0 aliphatic carbocycles. The Morgan fingerprint density at radius 1 is 1.30 bits per heavy atom. The Balaban J connectivity index is 1.53. The van der Waals surface area contributed by atoms with Crippen LogP contribution in [0.25, 0.3) is 0 Å². The van der Waals surface area contributed by atoms with Crippen LogP contribution in [0.15, 0.2) is 18.2 Å². The molecule has 1 saturated heterocycles. The van der Waals surface area contributed by atoms with Gasteiger partial charge in [-0.25, -0.2) is 0 Å². The maximum absolute atomic E-state index is 9.49. The molecule has 2 aliphatic rings. The molecule has 0 atom stereocenters. The van der Waals surface area contributed by atoms with Gasteiger partial charge in [0.25, 0.3) is 0 Å². The van der Waals surface area contributed by atoms with Crippen LogP contribution in [0.4, 0.5) is 0 Å². The lowest BCUT2D eigenvalue weighted by Gasteiger charge is -2.31. The minimum absolute atomic E-state index is 0.178. The topological polar surface area (TPSA) is 54.0 Å². The molecule has 2 aliphatic heterocycles. The van der Waals surface area contributed by atoms with Gasteiger partial charge in [0.2, 0.25) is 6.79 Å². The number of nitrogens with zero attached hydrogens (tertiary/aromatic N) is 1. The minimum atomic E-state index is -0.178. The second kappa shape index (κ2) is 5.85. The molecule has 0 saturated carbocycles. The lowest BCUT2D eigenvalue weighted by Crippen LogP contribution is -2.45. The van der Waals surface area contributed by atoms with E-state index in [0.717, 1.165) is 48.1 Å². The molecule has 5 nitrogen and oxygen atoms in total. The van der Waals surface area contributed by atoms with Gasteiger partial charge in [-0.2, -0.15) is 0 Å². The number of hydrogen-bond donors (Lipinski definition) is 2. The molecule has 0 bridgehead atoms. The Morgan fingerprint density at radius 2 is 2.05 bits per heavy atom. The van der Waals surface area contributed by atoms with Gasteiger partial charge in [-0.15, -0.1) is 0 Å². The summed E-state index contributed by atoms with van der Waals surface area (Å²) in [4.78, 5) is 2.11. The fraction of sp³-hybridized carbons (Fsp3) is 0.500. The summed E-state index contributed by atoms with van der Waals surface area (Å²) in [5.74, 6) is 1.58. The Morgan fingerprint density at radius 3 is 2.85 bits per heavy atom. The molecule has 0 unspecified atom stereocenters. The second-order valence-corrected chi connectivity index (χ2v) is 5.45. The summed E-state index contributed by atoms with van der Waals surface area (Å²) in [6.07, 6.45) is 1.39. The van der Waals surface area contributed by atoms with Crippen molar-refractivity contribution in [3.63, 3.8) is 0 Å². The summed E-state index contributed by atoms with van der Waals surface area (Å²) in [6, 6.07) is 5.89. The van der Waals surface area contributed by atoms with Crippen LogP contribution in [0.2, 0.25) is 0 Å². The number of hydrogen-bond acceptors (Lipinski definition) is 4. The van der Waals surface area contributed by atoms with Crippen molar-refractivity contribution in [2.24, 2.45) is 0 Å². The fourth-order valence-corrected chi connectivity index (χ4v) is 2.66. The van der Waals surface area contributed by atoms with E-state index in [0.29, 0.717) is 13.3 Å². The number of aliphatic hydroxyl groups excluding tert-OH is 1. The highest BCUT2D eigenvalue weighted by Crippen LogP contribution is 2.32. The minimum Gasteiger partial charge on any atom is -0.454 e. The Bertz CT molecular complexity index is 501. The maximum atomic E-state index is 9.49. The highest BCUT2D eigenvalue weighted by molar-refractivity contribution is 7.80. The van der Waals surface area contributed by atoms with Gasteiger partial charge < -0.3 is 24.8 Å².